The van der Waals surface area contributed by atoms with Gasteiger partial charge in [-0.25, -0.2) is 0 Å². The van der Waals surface area contributed by atoms with Crippen LogP contribution in [0.4, 0.5) is 5.69 Å². The molecule has 0 spiro atoms. The third-order valence-electron chi connectivity index (χ3n) is 4.27. The minimum atomic E-state index is -0.274. The molecule has 1 aliphatic heterocycles. The molecule has 4 heteroatoms. The molecule has 0 radical (unpaired) electrons. The number of likely N-dealkylation sites (tertiary alicyclic amines) is 1. The van der Waals surface area contributed by atoms with E-state index < -0.39 is 0 Å². The number of benzene rings is 2. The van der Waals surface area contributed by atoms with Crippen molar-refractivity contribution in [3.05, 3.63) is 54.6 Å². The molecule has 1 heterocycles. The van der Waals surface area contributed by atoms with Crippen LogP contribution in [0.2, 0.25) is 0 Å². The van der Waals surface area contributed by atoms with Gasteiger partial charge in [0.05, 0.1) is 5.69 Å². The van der Waals surface area contributed by atoms with Gasteiger partial charge in [0.25, 0.3) is 0 Å². The summed E-state index contributed by atoms with van der Waals surface area (Å²) in [4.78, 5) is 14.6. The first-order chi connectivity index (χ1) is 11.7. The molecule has 3 rings (SSSR count). The zero-order chi connectivity index (χ0) is 16.8. The molecule has 4 nitrogen and oxygen atoms in total. The van der Waals surface area contributed by atoms with Crippen molar-refractivity contribution in [2.45, 2.75) is 32.2 Å². The van der Waals surface area contributed by atoms with Crippen molar-refractivity contribution < 1.29 is 9.53 Å². The number of rotatable bonds is 5. The molecular weight excluding hydrogens is 300 g/mol. The molecule has 2 aromatic carbocycles. The molecule has 1 amide bonds. The van der Waals surface area contributed by atoms with Crippen LogP contribution in [-0.4, -0.2) is 29.9 Å². The Morgan fingerprint density at radius 3 is 2.42 bits per heavy atom. The highest BCUT2D eigenvalue weighted by molar-refractivity contribution is 5.85. The van der Waals surface area contributed by atoms with Gasteiger partial charge in [0.15, 0.2) is 5.75 Å². The standard InChI is InChI=1S/C20H24N2O2/c1-16(20(23)22-14-8-3-9-15-22)21-18-12-6-7-13-19(18)24-17-10-4-2-5-11-17/h2,4-7,10-13,16,21H,3,8-9,14-15H2,1H3/t16-/m1/s1. The lowest BCUT2D eigenvalue weighted by molar-refractivity contribution is -0.132. The summed E-state index contributed by atoms with van der Waals surface area (Å²) in [6.07, 6.45) is 3.43. The van der Waals surface area contributed by atoms with E-state index in [4.69, 9.17) is 4.74 Å². The Morgan fingerprint density at radius 1 is 1.00 bits per heavy atom. The number of nitrogens with one attached hydrogen (secondary N) is 1. The fraction of sp³-hybridized carbons (Fsp3) is 0.350. The lowest BCUT2D eigenvalue weighted by Crippen LogP contribution is -2.43. The number of hydrogen-bond donors (Lipinski definition) is 1. The highest BCUT2D eigenvalue weighted by atomic mass is 16.5. The fourth-order valence-electron chi connectivity index (χ4n) is 2.97. The van der Waals surface area contributed by atoms with Gasteiger partial charge in [0.2, 0.25) is 5.91 Å². The van der Waals surface area contributed by atoms with E-state index in [1.807, 2.05) is 66.4 Å². The monoisotopic (exact) mass is 324 g/mol. The Morgan fingerprint density at radius 2 is 1.67 bits per heavy atom. The fourth-order valence-corrected chi connectivity index (χ4v) is 2.97. The molecule has 1 atom stereocenters. The van der Waals surface area contributed by atoms with Crippen LogP contribution < -0.4 is 10.1 Å². The molecule has 1 saturated heterocycles. The lowest BCUT2D eigenvalue weighted by atomic mass is 10.1. The normalized spacial score (nSPS) is 15.6. The largest absolute Gasteiger partial charge is 0.455 e. The van der Waals surface area contributed by atoms with Crippen LogP contribution >= 0.6 is 0 Å². The summed E-state index contributed by atoms with van der Waals surface area (Å²) in [7, 11) is 0. The summed E-state index contributed by atoms with van der Waals surface area (Å²) in [5.74, 6) is 1.66. The Labute approximate surface area is 143 Å². The molecule has 0 saturated carbocycles. The van der Waals surface area contributed by atoms with Gasteiger partial charge in [0.1, 0.15) is 11.8 Å². The Bertz CT molecular complexity index is 666. The maximum Gasteiger partial charge on any atom is 0.244 e. The quantitative estimate of drug-likeness (QED) is 0.892. The van der Waals surface area contributed by atoms with Crippen molar-refractivity contribution in [2.75, 3.05) is 18.4 Å². The van der Waals surface area contributed by atoms with Gasteiger partial charge in [-0.05, 0) is 50.5 Å². The van der Waals surface area contributed by atoms with Crippen molar-refractivity contribution in [3.63, 3.8) is 0 Å². The van der Waals surface area contributed by atoms with Crippen LogP contribution in [-0.2, 0) is 4.79 Å². The first-order valence-corrected chi connectivity index (χ1v) is 8.61. The van der Waals surface area contributed by atoms with Gasteiger partial charge < -0.3 is 15.0 Å². The van der Waals surface area contributed by atoms with E-state index in [0.717, 1.165) is 43.1 Å². The van der Waals surface area contributed by atoms with Crippen LogP contribution in [0.25, 0.3) is 0 Å². The van der Waals surface area contributed by atoms with Gasteiger partial charge in [-0.15, -0.1) is 0 Å². The van der Waals surface area contributed by atoms with Crippen LogP contribution in [0.15, 0.2) is 54.6 Å². The Kier molecular flexibility index (Phi) is 5.36. The second kappa shape index (κ2) is 7.86. The summed E-state index contributed by atoms with van der Waals surface area (Å²) in [5.41, 5.74) is 0.833. The first-order valence-electron chi connectivity index (χ1n) is 8.61. The summed E-state index contributed by atoms with van der Waals surface area (Å²) in [6, 6.07) is 17.1. The average Bonchev–Trinajstić information content (AvgIpc) is 2.64. The molecular formula is C20H24N2O2. The SMILES string of the molecule is C[C@@H](Nc1ccccc1Oc1ccccc1)C(=O)N1CCCCC1. The second-order valence-electron chi connectivity index (χ2n) is 6.16. The molecule has 1 N–H and O–H groups in total. The van der Waals surface area contributed by atoms with E-state index in [0.29, 0.717) is 0 Å². The van der Waals surface area contributed by atoms with Gasteiger partial charge in [-0.1, -0.05) is 30.3 Å². The average molecular weight is 324 g/mol. The highest BCUT2D eigenvalue weighted by Gasteiger charge is 2.22. The molecule has 0 bridgehead atoms. The summed E-state index contributed by atoms with van der Waals surface area (Å²) in [6.45, 7) is 3.65. The third-order valence-corrected chi connectivity index (χ3v) is 4.27. The van der Waals surface area contributed by atoms with E-state index in [9.17, 15) is 4.79 Å². The van der Waals surface area contributed by atoms with E-state index in [2.05, 4.69) is 5.32 Å². The van der Waals surface area contributed by atoms with E-state index in [1.54, 1.807) is 0 Å². The Hall–Kier alpha value is -2.49. The molecule has 0 aliphatic carbocycles. The number of amides is 1. The molecule has 24 heavy (non-hydrogen) atoms. The van der Waals surface area contributed by atoms with Gasteiger partial charge in [0, 0.05) is 13.1 Å². The lowest BCUT2D eigenvalue weighted by Gasteiger charge is -2.30. The van der Waals surface area contributed by atoms with Crippen LogP contribution in [0.3, 0.4) is 0 Å². The van der Waals surface area contributed by atoms with Crippen LogP contribution in [0, 0.1) is 0 Å². The number of carbonyl (C=O) groups is 1. The summed E-state index contributed by atoms with van der Waals surface area (Å²) < 4.78 is 5.95. The first kappa shape index (κ1) is 16.4. The number of ether oxygens (including phenoxy) is 1. The third kappa shape index (κ3) is 4.07. The van der Waals surface area contributed by atoms with E-state index >= 15 is 0 Å². The Balaban J connectivity index is 1.69. The molecule has 0 aromatic heterocycles. The van der Waals surface area contributed by atoms with Gasteiger partial charge >= 0.3 is 0 Å². The van der Waals surface area contributed by atoms with Crippen LogP contribution in [0.5, 0.6) is 11.5 Å². The van der Waals surface area contributed by atoms with Gasteiger partial charge in [-0.3, -0.25) is 4.79 Å². The van der Waals surface area contributed by atoms with Gasteiger partial charge in [-0.2, -0.15) is 0 Å². The summed E-state index contributed by atoms with van der Waals surface area (Å²) in [5, 5.41) is 3.31. The zero-order valence-corrected chi connectivity index (χ0v) is 14.1. The topological polar surface area (TPSA) is 41.6 Å². The molecule has 0 unspecified atom stereocenters. The van der Waals surface area contributed by atoms with Crippen molar-refractivity contribution in [2.24, 2.45) is 0 Å². The molecule has 2 aromatic rings. The number of hydrogen-bond acceptors (Lipinski definition) is 3. The van der Waals surface area contributed by atoms with Crippen molar-refractivity contribution in [3.8, 4) is 11.5 Å². The van der Waals surface area contributed by atoms with E-state index in [-0.39, 0.29) is 11.9 Å². The smallest absolute Gasteiger partial charge is 0.244 e. The highest BCUT2D eigenvalue weighted by Crippen LogP contribution is 2.29. The molecule has 1 aliphatic rings. The molecule has 126 valence electrons. The molecule has 1 fully saturated rings. The summed E-state index contributed by atoms with van der Waals surface area (Å²) >= 11 is 0. The predicted octanol–water partition coefficient (Wildman–Crippen LogP) is 4.29. The van der Waals surface area contributed by atoms with Crippen molar-refractivity contribution in [1.29, 1.82) is 0 Å². The zero-order valence-electron chi connectivity index (χ0n) is 14.1. The second-order valence-corrected chi connectivity index (χ2v) is 6.16. The number of para-hydroxylation sites is 3. The van der Waals surface area contributed by atoms with E-state index in [1.165, 1.54) is 6.42 Å². The van der Waals surface area contributed by atoms with Crippen molar-refractivity contribution in [1.82, 2.24) is 4.90 Å². The minimum absolute atomic E-state index is 0.157. The maximum atomic E-state index is 12.6. The van der Waals surface area contributed by atoms with Crippen LogP contribution in [0.1, 0.15) is 26.2 Å². The number of nitrogens with zero attached hydrogens (tertiary/aromatic N) is 1. The number of piperidine rings is 1. The maximum absolute atomic E-state index is 12.6. The minimum Gasteiger partial charge on any atom is -0.455 e. The number of carbonyl (C=O) groups excluding carboxylic acids is 1. The van der Waals surface area contributed by atoms with Crippen molar-refractivity contribution >= 4 is 11.6 Å². The predicted molar refractivity (Wildman–Crippen MR) is 96.5 cm³/mol. The number of anilines is 1.